The molecule has 0 spiro atoms. The summed E-state index contributed by atoms with van der Waals surface area (Å²) in [6, 6.07) is 8.82. The van der Waals surface area contributed by atoms with E-state index < -0.39 is 4.92 Å². The second-order valence-electron chi connectivity index (χ2n) is 4.44. The Bertz CT molecular complexity index is 627. The van der Waals surface area contributed by atoms with Crippen LogP contribution in [0.2, 0.25) is 5.02 Å². The first kappa shape index (κ1) is 14.8. The predicted octanol–water partition coefficient (Wildman–Crippen LogP) is 5.05. The summed E-state index contributed by atoms with van der Waals surface area (Å²) < 4.78 is 0. The number of rotatable bonds is 5. The van der Waals surface area contributed by atoms with Crippen molar-refractivity contribution in [1.82, 2.24) is 0 Å². The zero-order valence-corrected chi connectivity index (χ0v) is 12.8. The Hall–Kier alpha value is -1.59. The lowest BCUT2D eigenvalue weighted by Crippen LogP contribution is -2.06. The van der Waals surface area contributed by atoms with Crippen molar-refractivity contribution in [3.05, 3.63) is 55.2 Å². The van der Waals surface area contributed by atoms with Crippen molar-refractivity contribution < 1.29 is 4.92 Å². The first-order chi connectivity index (χ1) is 9.51. The fraction of sp³-hybridized carbons (Fsp3) is 0.286. The van der Waals surface area contributed by atoms with Gasteiger partial charge in [-0.25, -0.2) is 0 Å². The van der Waals surface area contributed by atoms with E-state index in [9.17, 15) is 10.1 Å². The second-order valence-corrected chi connectivity index (χ2v) is 6.08. The standard InChI is InChI=1S/C14H15ClN2O2S/c1-3-11-5-7-14(20-11)9(2)16-12-6-4-10(15)8-13(12)17(18)19/h4-9,16H,3H2,1-2H3. The Kier molecular flexibility index (Phi) is 4.62. The summed E-state index contributed by atoms with van der Waals surface area (Å²) in [4.78, 5) is 13.1. The van der Waals surface area contributed by atoms with E-state index in [1.165, 1.54) is 10.9 Å². The van der Waals surface area contributed by atoms with E-state index in [4.69, 9.17) is 11.6 Å². The maximum Gasteiger partial charge on any atom is 0.293 e. The van der Waals surface area contributed by atoms with Gasteiger partial charge in [0.2, 0.25) is 0 Å². The van der Waals surface area contributed by atoms with Gasteiger partial charge in [0.05, 0.1) is 11.0 Å². The van der Waals surface area contributed by atoms with Crippen molar-refractivity contribution in [2.75, 3.05) is 5.32 Å². The predicted molar refractivity (Wildman–Crippen MR) is 83.8 cm³/mol. The van der Waals surface area contributed by atoms with Crippen molar-refractivity contribution in [3.63, 3.8) is 0 Å². The third-order valence-corrected chi connectivity index (χ3v) is 4.63. The summed E-state index contributed by atoms with van der Waals surface area (Å²) in [5, 5.41) is 14.6. The molecule has 106 valence electrons. The monoisotopic (exact) mass is 310 g/mol. The van der Waals surface area contributed by atoms with E-state index in [1.807, 2.05) is 6.92 Å². The summed E-state index contributed by atoms with van der Waals surface area (Å²) >= 11 is 7.53. The number of halogens is 1. The number of hydrogen-bond donors (Lipinski definition) is 1. The second kappa shape index (κ2) is 6.24. The molecule has 0 fully saturated rings. The molecule has 1 unspecified atom stereocenters. The van der Waals surface area contributed by atoms with Crippen LogP contribution in [0.15, 0.2) is 30.3 Å². The normalized spacial score (nSPS) is 12.2. The molecule has 0 aliphatic carbocycles. The number of nitro groups is 1. The average molecular weight is 311 g/mol. The van der Waals surface area contributed by atoms with Crippen LogP contribution in [0.5, 0.6) is 0 Å². The lowest BCUT2D eigenvalue weighted by molar-refractivity contribution is -0.384. The molecule has 1 atom stereocenters. The van der Waals surface area contributed by atoms with Gasteiger partial charge in [-0.15, -0.1) is 11.3 Å². The third-order valence-electron chi connectivity index (χ3n) is 2.99. The minimum Gasteiger partial charge on any atom is -0.372 e. The Morgan fingerprint density at radius 2 is 2.15 bits per heavy atom. The van der Waals surface area contributed by atoms with Gasteiger partial charge in [-0.3, -0.25) is 10.1 Å². The molecular formula is C14H15ClN2O2S. The van der Waals surface area contributed by atoms with Crippen molar-refractivity contribution in [1.29, 1.82) is 0 Å². The van der Waals surface area contributed by atoms with Gasteiger partial charge in [0.1, 0.15) is 5.69 Å². The minimum absolute atomic E-state index is 0.00313. The summed E-state index contributed by atoms with van der Waals surface area (Å²) in [6.45, 7) is 4.10. The van der Waals surface area contributed by atoms with Gasteiger partial charge >= 0.3 is 0 Å². The number of anilines is 1. The average Bonchev–Trinajstić information content (AvgIpc) is 2.89. The van der Waals surface area contributed by atoms with E-state index >= 15 is 0 Å². The van der Waals surface area contributed by atoms with Crippen LogP contribution in [0.3, 0.4) is 0 Å². The number of aryl methyl sites for hydroxylation is 1. The molecule has 0 aliphatic heterocycles. The molecule has 0 saturated carbocycles. The summed E-state index contributed by atoms with van der Waals surface area (Å²) in [5.74, 6) is 0. The van der Waals surface area contributed by atoms with Gasteiger partial charge in [-0.2, -0.15) is 0 Å². The zero-order valence-electron chi connectivity index (χ0n) is 11.2. The highest BCUT2D eigenvalue weighted by Crippen LogP contribution is 2.32. The Labute approximate surface area is 126 Å². The molecule has 1 aromatic carbocycles. The first-order valence-electron chi connectivity index (χ1n) is 6.30. The van der Waals surface area contributed by atoms with Crippen LogP contribution in [-0.2, 0) is 6.42 Å². The molecule has 2 rings (SSSR count). The highest BCUT2D eigenvalue weighted by Gasteiger charge is 2.17. The molecule has 1 heterocycles. The van der Waals surface area contributed by atoms with Crippen molar-refractivity contribution >= 4 is 34.3 Å². The molecule has 20 heavy (non-hydrogen) atoms. The first-order valence-corrected chi connectivity index (χ1v) is 7.49. The van der Waals surface area contributed by atoms with Gasteiger partial charge < -0.3 is 5.32 Å². The van der Waals surface area contributed by atoms with Gasteiger partial charge in [0.25, 0.3) is 5.69 Å². The molecule has 0 aliphatic rings. The Morgan fingerprint density at radius 1 is 1.40 bits per heavy atom. The van der Waals surface area contributed by atoms with Crippen LogP contribution in [0.1, 0.15) is 29.6 Å². The van der Waals surface area contributed by atoms with E-state index in [2.05, 4.69) is 24.4 Å². The maximum atomic E-state index is 11.1. The van der Waals surface area contributed by atoms with Crippen LogP contribution in [0.25, 0.3) is 0 Å². The molecule has 0 bridgehead atoms. The molecule has 1 aromatic heterocycles. The number of nitrogens with zero attached hydrogens (tertiary/aromatic N) is 1. The smallest absolute Gasteiger partial charge is 0.293 e. The third kappa shape index (κ3) is 3.29. The van der Waals surface area contributed by atoms with Crippen molar-refractivity contribution in [3.8, 4) is 0 Å². The summed E-state index contributed by atoms with van der Waals surface area (Å²) in [7, 11) is 0. The van der Waals surface area contributed by atoms with Crippen LogP contribution in [0.4, 0.5) is 11.4 Å². The van der Waals surface area contributed by atoms with Crippen LogP contribution < -0.4 is 5.32 Å². The quantitative estimate of drug-likeness (QED) is 0.621. The number of benzene rings is 1. The SMILES string of the molecule is CCc1ccc(C(C)Nc2ccc(Cl)cc2[N+](=O)[O-])s1. The van der Waals surface area contributed by atoms with Gasteiger partial charge in [-0.05, 0) is 37.6 Å². The molecule has 6 heteroatoms. The van der Waals surface area contributed by atoms with Crippen molar-refractivity contribution in [2.24, 2.45) is 0 Å². The fourth-order valence-corrected chi connectivity index (χ4v) is 3.02. The number of nitro benzene ring substituents is 1. The van der Waals surface area contributed by atoms with Crippen LogP contribution >= 0.6 is 22.9 Å². The van der Waals surface area contributed by atoms with Gasteiger partial charge in [0.15, 0.2) is 0 Å². The summed E-state index contributed by atoms with van der Waals surface area (Å²) in [5.41, 5.74) is 0.481. The maximum absolute atomic E-state index is 11.1. The molecule has 4 nitrogen and oxygen atoms in total. The van der Waals surface area contributed by atoms with Gasteiger partial charge in [-0.1, -0.05) is 18.5 Å². The van der Waals surface area contributed by atoms with Crippen LogP contribution in [0, 0.1) is 10.1 Å². The molecule has 0 saturated heterocycles. The molecular weight excluding hydrogens is 296 g/mol. The topological polar surface area (TPSA) is 55.2 Å². The number of hydrogen-bond acceptors (Lipinski definition) is 4. The van der Waals surface area contributed by atoms with E-state index in [0.717, 1.165) is 11.3 Å². The van der Waals surface area contributed by atoms with E-state index in [0.29, 0.717) is 10.7 Å². The highest BCUT2D eigenvalue weighted by molar-refractivity contribution is 7.12. The lowest BCUT2D eigenvalue weighted by Gasteiger charge is -2.14. The minimum atomic E-state index is -0.424. The number of thiophene rings is 1. The van der Waals surface area contributed by atoms with Crippen molar-refractivity contribution in [2.45, 2.75) is 26.3 Å². The van der Waals surface area contributed by atoms with E-state index in [-0.39, 0.29) is 11.7 Å². The fourth-order valence-electron chi connectivity index (χ4n) is 1.90. The van der Waals surface area contributed by atoms with E-state index in [1.54, 1.807) is 23.5 Å². The highest BCUT2D eigenvalue weighted by atomic mass is 35.5. The Morgan fingerprint density at radius 3 is 2.75 bits per heavy atom. The van der Waals surface area contributed by atoms with Crippen LogP contribution in [-0.4, -0.2) is 4.92 Å². The molecule has 2 aromatic rings. The summed E-state index contributed by atoms with van der Waals surface area (Å²) in [6.07, 6.45) is 0.998. The van der Waals surface area contributed by atoms with Gasteiger partial charge in [0, 0.05) is 20.8 Å². The molecule has 0 amide bonds. The zero-order chi connectivity index (χ0) is 14.7. The largest absolute Gasteiger partial charge is 0.372 e. The number of nitrogens with one attached hydrogen (secondary N) is 1. The lowest BCUT2D eigenvalue weighted by atomic mass is 10.2. The molecule has 0 radical (unpaired) electrons. The molecule has 1 N–H and O–H groups in total. The Balaban J connectivity index is 2.23.